The summed E-state index contributed by atoms with van der Waals surface area (Å²) in [6.07, 6.45) is 9.30. The van der Waals surface area contributed by atoms with Gasteiger partial charge in [-0.3, -0.25) is 0 Å². The average Bonchev–Trinajstić information content (AvgIpc) is 3.50. The number of allylic oxidation sites excluding steroid dienone is 4. The van der Waals surface area contributed by atoms with Crippen molar-refractivity contribution in [3.05, 3.63) is 133 Å². The zero-order valence-electron chi connectivity index (χ0n) is 22.1. The van der Waals surface area contributed by atoms with Gasteiger partial charge in [0.05, 0.1) is 5.92 Å². The fraction of sp³-hybridized carbons (Fsp3) is 0.0556. The van der Waals surface area contributed by atoms with Crippen molar-refractivity contribution in [2.75, 3.05) is 0 Å². The first-order valence-electron chi connectivity index (χ1n) is 13.8. The molecule has 2 aromatic heterocycles. The highest BCUT2D eigenvalue weighted by Crippen LogP contribution is 2.33. The van der Waals surface area contributed by atoms with Crippen molar-refractivity contribution >= 4 is 32.6 Å². The fourth-order valence-corrected chi connectivity index (χ4v) is 5.48. The molecule has 1 atom stereocenters. The minimum absolute atomic E-state index is 0.164. The normalized spacial score (nSPS) is 14.8. The lowest BCUT2D eigenvalue weighted by molar-refractivity contribution is 0.505. The number of fused-ring (bicyclic) bond motifs is 4. The van der Waals surface area contributed by atoms with Crippen LogP contribution in [0, 0.1) is 0 Å². The highest BCUT2D eigenvalue weighted by molar-refractivity contribution is 6.04. The molecule has 5 aromatic carbocycles. The number of hydrogen-bond donors (Lipinski definition) is 0. The average molecular weight is 529 g/mol. The first kappa shape index (κ1) is 23.5. The van der Waals surface area contributed by atoms with E-state index in [1.165, 1.54) is 5.39 Å². The quantitative estimate of drug-likeness (QED) is 0.228. The van der Waals surface area contributed by atoms with Crippen molar-refractivity contribution in [1.29, 1.82) is 0 Å². The molecular formula is C36H24N4O. The van der Waals surface area contributed by atoms with Gasteiger partial charge in [0.2, 0.25) is 5.89 Å². The largest absolute Gasteiger partial charge is 0.440 e. The molecule has 0 fully saturated rings. The highest BCUT2D eigenvalue weighted by atomic mass is 16.3. The van der Waals surface area contributed by atoms with E-state index in [0.717, 1.165) is 56.3 Å². The summed E-state index contributed by atoms with van der Waals surface area (Å²) in [5.74, 6) is 2.83. The van der Waals surface area contributed by atoms with E-state index in [4.69, 9.17) is 24.4 Å². The number of nitrogens with zero attached hydrogens (tertiary/aromatic N) is 4. The Labute approximate surface area is 236 Å². The maximum atomic E-state index is 6.16. The van der Waals surface area contributed by atoms with Crippen LogP contribution in [0.5, 0.6) is 0 Å². The summed E-state index contributed by atoms with van der Waals surface area (Å²) < 4.78 is 6.16. The van der Waals surface area contributed by atoms with E-state index in [9.17, 15) is 0 Å². The lowest BCUT2D eigenvalue weighted by Gasteiger charge is -2.10. The van der Waals surface area contributed by atoms with Gasteiger partial charge in [-0.1, -0.05) is 109 Å². The summed E-state index contributed by atoms with van der Waals surface area (Å²) >= 11 is 0. The first-order chi connectivity index (χ1) is 20.3. The van der Waals surface area contributed by atoms with Crippen LogP contribution in [-0.2, 0) is 0 Å². The molecule has 0 N–H and O–H groups in total. The van der Waals surface area contributed by atoms with E-state index >= 15 is 0 Å². The molecule has 41 heavy (non-hydrogen) atoms. The molecule has 0 amide bonds. The maximum absolute atomic E-state index is 6.16. The SMILES string of the molecule is C1=CCC(c2nc3c(ccc4cc(-c5nc(-c6ccccc6)nc(-c6ccc7ccccc7c6)n5)ccc43)o2)C=C1. The molecule has 194 valence electrons. The summed E-state index contributed by atoms with van der Waals surface area (Å²) in [4.78, 5) is 19.7. The second-order valence-electron chi connectivity index (χ2n) is 10.3. The molecule has 0 bridgehead atoms. The van der Waals surface area contributed by atoms with E-state index < -0.39 is 0 Å². The summed E-state index contributed by atoms with van der Waals surface area (Å²) in [5.41, 5.74) is 4.50. The number of benzene rings is 5. The van der Waals surface area contributed by atoms with E-state index in [-0.39, 0.29) is 5.92 Å². The van der Waals surface area contributed by atoms with Crippen LogP contribution in [0.3, 0.4) is 0 Å². The lowest BCUT2D eigenvalue weighted by Crippen LogP contribution is -2.00. The first-order valence-corrected chi connectivity index (χ1v) is 13.8. The molecule has 1 aliphatic carbocycles. The standard InChI is InChI=1S/C36H24N4O/c1-3-10-24(11-4-1)33-38-34(28-16-15-23-9-7-8-14-26(23)21-28)40-35(39-33)29-17-19-30-27(22-29)18-20-31-32(30)37-36(41-31)25-12-5-2-6-13-25/h1-12,14-22,25H,13H2. The van der Waals surface area contributed by atoms with E-state index in [2.05, 4.69) is 78.9 Å². The molecule has 0 saturated carbocycles. The van der Waals surface area contributed by atoms with Gasteiger partial charge in [0.15, 0.2) is 23.1 Å². The Bertz CT molecular complexity index is 2140. The van der Waals surface area contributed by atoms with Crippen molar-refractivity contribution in [2.45, 2.75) is 12.3 Å². The van der Waals surface area contributed by atoms with Crippen LogP contribution in [0.25, 0.3) is 66.8 Å². The molecule has 0 spiro atoms. The molecular weight excluding hydrogens is 504 g/mol. The van der Waals surface area contributed by atoms with E-state index in [0.29, 0.717) is 17.5 Å². The van der Waals surface area contributed by atoms with Crippen molar-refractivity contribution in [1.82, 2.24) is 19.9 Å². The third-order valence-electron chi connectivity index (χ3n) is 7.62. The second kappa shape index (κ2) is 9.65. The summed E-state index contributed by atoms with van der Waals surface area (Å²) in [6, 6.07) is 35.1. The molecule has 0 aliphatic heterocycles. The van der Waals surface area contributed by atoms with E-state index in [1.54, 1.807) is 0 Å². The van der Waals surface area contributed by atoms with Crippen molar-refractivity contribution in [3.8, 4) is 34.2 Å². The van der Waals surface area contributed by atoms with Crippen LogP contribution in [0.4, 0.5) is 0 Å². The van der Waals surface area contributed by atoms with Crippen molar-refractivity contribution in [3.63, 3.8) is 0 Å². The smallest absolute Gasteiger partial charge is 0.202 e. The van der Waals surface area contributed by atoms with Gasteiger partial charge in [-0.15, -0.1) is 0 Å². The van der Waals surface area contributed by atoms with Gasteiger partial charge in [0.1, 0.15) is 5.52 Å². The molecule has 8 rings (SSSR count). The van der Waals surface area contributed by atoms with Crippen LogP contribution in [0.1, 0.15) is 18.2 Å². The number of oxazole rings is 1. The molecule has 5 nitrogen and oxygen atoms in total. The minimum atomic E-state index is 0.164. The summed E-state index contributed by atoms with van der Waals surface area (Å²) in [7, 11) is 0. The van der Waals surface area contributed by atoms with Gasteiger partial charge >= 0.3 is 0 Å². The molecule has 1 unspecified atom stereocenters. The molecule has 1 aliphatic rings. The van der Waals surface area contributed by atoms with Crippen LogP contribution < -0.4 is 0 Å². The number of aromatic nitrogens is 4. The highest BCUT2D eigenvalue weighted by Gasteiger charge is 2.18. The third-order valence-corrected chi connectivity index (χ3v) is 7.62. The van der Waals surface area contributed by atoms with Gasteiger partial charge in [-0.25, -0.2) is 19.9 Å². The molecule has 0 radical (unpaired) electrons. The van der Waals surface area contributed by atoms with Gasteiger partial charge in [0.25, 0.3) is 0 Å². The number of rotatable bonds is 4. The summed E-state index contributed by atoms with van der Waals surface area (Å²) in [6.45, 7) is 0. The second-order valence-corrected chi connectivity index (χ2v) is 10.3. The summed E-state index contributed by atoms with van der Waals surface area (Å²) in [5, 5.41) is 4.43. The van der Waals surface area contributed by atoms with Crippen LogP contribution in [0.2, 0.25) is 0 Å². The predicted octanol–water partition coefficient (Wildman–Crippen LogP) is 8.92. The topological polar surface area (TPSA) is 64.7 Å². The van der Waals surface area contributed by atoms with Crippen LogP contribution in [0.15, 0.2) is 132 Å². The van der Waals surface area contributed by atoms with Crippen molar-refractivity contribution < 1.29 is 4.42 Å². The Morgan fingerprint density at radius 1 is 0.561 bits per heavy atom. The predicted molar refractivity (Wildman–Crippen MR) is 164 cm³/mol. The Kier molecular flexibility index (Phi) is 5.52. The number of hydrogen-bond acceptors (Lipinski definition) is 5. The Balaban J connectivity index is 1.26. The lowest BCUT2D eigenvalue weighted by atomic mass is 10.0. The van der Waals surface area contributed by atoms with Gasteiger partial charge in [0, 0.05) is 22.1 Å². The zero-order chi connectivity index (χ0) is 27.2. The van der Waals surface area contributed by atoms with Crippen LogP contribution >= 0.6 is 0 Å². The van der Waals surface area contributed by atoms with Gasteiger partial charge < -0.3 is 4.42 Å². The van der Waals surface area contributed by atoms with E-state index in [1.807, 2.05) is 48.5 Å². The monoisotopic (exact) mass is 528 g/mol. The zero-order valence-corrected chi connectivity index (χ0v) is 22.1. The molecule has 0 saturated heterocycles. The van der Waals surface area contributed by atoms with Crippen LogP contribution in [-0.4, -0.2) is 19.9 Å². The Morgan fingerprint density at radius 3 is 2.02 bits per heavy atom. The van der Waals surface area contributed by atoms with Gasteiger partial charge in [-0.05, 0) is 40.8 Å². The maximum Gasteiger partial charge on any atom is 0.202 e. The fourth-order valence-electron chi connectivity index (χ4n) is 5.48. The molecule has 5 heteroatoms. The molecule has 7 aromatic rings. The van der Waals surface area contributed by atoms with Crippen molar-refractivity contribution in [2.24, 2.45) is 0 Å². The third kappa shape index (κ3) is 4.28. The Morgan fingerprint density at radius 2 is 1.24 bits per heavy atom. The minimum Gasteiger partial charge on any atom is -0.440 e. The Hall–Kier alpha value is -5.42. The van der Waals surface area contributed by atoms with Gasteiger partial charge in [-0.2, -0.15) is 0 Å². The molecule has 2 heterocycles.